The molecule has 37 heavy (non-hydrogen) atoms. The van der Waals surface area contributed by atoms with E-state index in [0.29, 0.717) is 31.4 Å². The highest BCUT2D eigenvalue weighted by molar-refractivity contribution is 5.74. The van der Waals surface area contributed by atoms with E-state index in [1.807, 2.05) is 49.1 Å². The fourth-order valence-electron chi connectivity index (χ4n) is 4.53. The normalized spacial score (nSPS) is 15.8. The molecular formula is C28H36N6O3. The Morgan fingerprint density at radius 1 is 1.08 bits per heavy atom. The summed E-state index contributed by atoms with van der Waals surface area (Å²) in [5, 5.41) is 7.51. The first-order chi connectivity index (χ1) is 18.1. The van der Waals surface area contributed by atoms with Crippen molar-refractivity contribution in [2.24, 2.45) is 5.92 Å². The van der Waals surface area contributed by atoms with Gasteiger partial charge in [-0.05, 0) is 68.9 Å². The van der Waals surface area contributed by atoms with Crippen LogP contribution in [0.2, 0.25) is 0 Å². The second-order valence-electron chi connectivity index (χ2n) is 9.71. The predicted octanol–water partition coefficient (Wildman–Crippen LogP) is 4.19. The van der Waals surface area contributed by atoms with Crippen molar-refractivity contribution in [3.8, 4) is 17.2 Å². The SMILES string of the molecule is CCOc1cc(N2CCCN(C(=O)NCc3cccc(OCC4CC4)c3)CC2)ccc1-n1cnc(C)n1. The number of nitrogens with one attached hydrogen (secondary N) is 1. The molecule has 2 amide bonds. The monoisotopic (exact) mass is 504 g/mol. The van der Waals surface area contributed by atoms with E-state index in [0.717, 1.165) is 61.1 Å². The van der Waals surface area contributed by atoms with Gasteiger partial charge in [0.25, 0.3) is 0 Å². The van der Waals surface area contributed by atoms with Gasteiger partial charge in [-0.2, -0.15) is 5.10 Å². The molecule has 1 saturated heterocycles. The summed E-state index contributed by atoms with van der Waals surface area (Å²) in [7, 11) is 0. The van der Waals surface area contributed by atoms with Crippen LogP contribution in [0.1, 0.15) is 37.6 Å². The molecule has 3 aromatic rings. The van der Waals surface area contributed by atoms with Crippen LogP contribution in [0.5, 0.6) is 11.5 Å². The number of hydrogen-bond acceptors (Lipinski definition) is 6. The molecule has 0 atom stereocenters. The smallest absolute Gasteiger partial charge is 0.317 e. The molecule has 0 unspecified atom stereocenters. The van der Waals surface area contributed by atoms with E-state index in [1.165, 1.54) is 12.8 Å². The third-order valence-electron chi connectivity index (χ3n) is 6.77. The maximum atomic E-state index is 12.9. The molecule has 0 bridgehead atoms. The number of ether oxygens (including phenoxy) is 2. The van der Waals surface area contributed by atoms with Gasteiger partial charge in [-0.15, -0.1) is 0 Å². The number of anilines is 1. The largest absolute Gasteiger partial charge is 0.493 e. The average molecular weight is 505 g/mol. The molecule has 5 rings (SSSR count). The number of carbonyl (C=O) groups is 1. The number of hydrogen-bond donors (Lipinski definition) is 1. The van der Waals surface area contributed by atoms with Gasteiger partial charge in [0.05, 0.1) is 13.2 Å². The van der Waals surface area contributed by atoms with Gasteiger partial charge >= 0.3 is 6.03 Å². The lowest BCUT2D eigenvalue weighted by molar-refractivity contribution is 0.201. The number of rotatable bonds is 9. The molecule has 1 aliphatic carbocycles. The predicted molar refractivity (Wildman–Crippen MR) is 143 cm³/mol. The summed E-state index contributed by atoms with van der Waals surface area (Å²) in [4.78, 5) is 21.4. The lowest BCUT2D eigenvalue weighted by Crippen LogP contribution is -2.41. The number of aromatic nitrogens is 3. The Kier molecular flexibility index (Phi) is 7.77. The number of carbonyl (C=O) groups excluding carboxylic acids is 1. The summed E-state index contributed by atoms with van der Waals surface area (Å²) in [5.41, 5.74) is 2.99. The quantitative estimate of drug-likeness (QED) is 0.471. The van der Waals surface area contributed by atoms with E-state index in [4.69, 9.17) is 9.47 Å². The van der Waals surface area contributed by atoms with Crippen molar-refractivity contribution in [2.75, 3.05) is 44.3 Å². The van der Waals surface area contributed by atoms with E-state index < -0.39 is 0 Å². The van der Waals surface area contributed by atoms with E-state index in [1.54, 1.807) is 11.0 Å². The van der Waals surface area contributed by atoms with Crippen molar-refractivity contribution in [3.05, 3.63) is 60.2 Å². The fraction of sp³-hybridized carbons (Fsp3) is 0.464. The van der Waals surface area contributed by atoms with E-state index in [9.17, 15) is 4.79 Å². The maximum absolute atomic E-state index is 12.9. The second-order valence-corrected chi connectivity index (χ2v) is 9.71. The molecule has 0 radical (unpaired) electrons. The van der Waals surface area contributed by atoms with Gasteiger partial charge in [0.2, 0.25) is 0 Å². The zero-order valence-corrected chi connectivity index (χ0v) is 21.7. The molecular weight excluding hydrogens is 468 g/mol. The van der Waals surface area contributed by atoms with Crippen LogP contribution < -0.4 is 19.7 Å². The minimum atomic E-state index is -0.0296. The van der Waals surface area contributed by atoms with Crippen molar-refractivity contribution < 1.29 is 14.3 Å². The van der Waals surface area contributed by atoms with Crippen LogP contribution in [-0.2, 0) is 6.54 Å². The standard InChI is InChI=1S/C28H36N6O3/c1-3-36-27-17-24(10-11-26(27)34-20-30-21(2)31-34)32-12-5-13-33(15-14-32)28(35)29-18-23-6-4-7-25(16-23)37-19-22-8-9-22/h4,6-7,10-11,16-17,20,22H,3,5,8-9,12-15,18-19H2,1-2H3,(H,29,35). The van der Waals surface area contributed by atoms with Gasteiger partial charge in [-0.1, -0.05) is 12.1 Å². The minimum absolute atomic E-state index is 0.0296. The van der Waals surface area contributed by atoms with Crippen LogP contribution in [0, 0.1) is 12.8 Å². The second kappa shape index (κ2) is 11.5. The zero-order valence-electron chi connectivity index (χ0n) is 21.7. The number of nitrogens with zero attached hydrogens (tertiary/aromatic N) is 5. The highest BCUT2D eigenvalue weighted by Gasteiger charge is 2.22. The molecule has 9 heteroatoms. The topological polar surface area (TPSA) is 84.8 Å². The van der Waals surface area contributed by atoms with Crippen molar-refractivity contribution in [3.63, 3.8) is 0 Å². The Balaban J connectivity index is 1.17. The van der Waals surface area contributed by atoms with Crippen LogP contribution in [0.3, 0.4) is 0 Å². The first-order valence-electron chi connectivity index (χ1n) is 13.2. The summed E-state index contributed by atoms with van der Waals surface area (Å²) < 4.78 is 13.6. The highest BCUT2D eigenvalue weighted by Crippen LogP contribution is 2.30. The summed E-state index contributed by atoms with van der Waals surface area (Å²) in [6.45, 7) is 8.69. The summed E-state index contributed by atoms with van der Waals surface area (Å²) >= 11 is 0. The van der Waals surface area contributed by atoms with Gasteiger partial charge in [-0.3, -0.25) is 0 Å². The first-order valence-corrected chi connectivity index (χ1v) is 13.2. The van der Waals surface area contributed by atoms with Crippen molar-refractivity contribution in [1.29, 1.82) is 0 Å². The molecule has 0 spiro atoms. The Morgan fingerprint density at radius 2 is 1.97 bits per heavy atom. The van der Waals surface area contributed by atoms with E-state index in [-0.39, 0.29) is 6.03 Å². The van der Waals surface area contributed by atoms with E-state index in [2.05, 4.69) is 32.4 Å². The van der Waals surface area contributed by atoms with Crippen molar-refractivity contribution in [2.45, 2.75) is 39.7 Å². The van der Waals surface area contributed by atoms with Gasteiger partial charge in [-0.25, -0.2) is 14.5 Å². The Labute approximate surface area is 218 Å². The molecule has 1 N–H and O–H groups in total. The van der Waals surface area contributed by atoms with Gasteiger partial charge < -0.3 is 24.6 Å². The van der Waals surface area contributed by atoms with Gasteiger partial charge in [0, 0.05) is 44.5 Å². The minimum Gasteiger partial charge on any atom is -0.493 e. The molecule has 1 aliphatic heterocycles. The highest BCUT2D eigenvalue weighted by atomic mass is 16.5. The lowest BCUT2D eigenvalue weighted by atomic mass is 10.2. The van der Waals surface area contributed by atoms with Crippen molar-refractivity contribution in [1.82, 2.24) is 25.0 Å². The number of urea groups is 1. The molecule has 2 fully saturated rings. The van der Waals surface area contributed by atoms with Gasteiger partial charge in [0.15, 0.2) is 0 Å². The third kappa shape index (κ3) is 6.53. The van der Waals surface area contributed by atoms with Crippen LogP contribution in [0.25, 0.3) is 5.69 Å². The van der Waals surface area contributed by atoms with Crippen LogP contribution in [-0.4, -0.2) is 65.1 Å². The zero-order chi connectivity index (χ0) is 25.6. The summed E-state index contributed by atoms with van der Waals surface area (Å²) in [6, 6.07) is 14.1. The van der Waals surface area contributed by atoms with Gasteiger partial charge in [0.1, 0.15) is 29.3 Å². The molecule has 2 aliphatic rings. The molecule has 9 nitrogen and oxygen atoms in total. The maximum Gasteiger partial charge on any atom is 0.317 e. The summed E-state index contributed by atoms with van der Waals surface area (Å²) in [5.74, 6) is 3.08. The lowest BCUT2D eigenvalue weighted by Gasteiger charge is -2.25. The number of aryl methyl sites for hydroxylation is 1. The third-order valence-corrected chi connectivity index (χ3v) is 6.77. The number of amides is 2. The fourth-order valence-corrected chi connectivity index (χ4v) is 4.53. The van der Waals surface area contributed by atoms with Crippen LogP contribution in [0.4, 0.5) is 10.5 Å². The Morgan fingerprint density at radius 3 is 2.76 bits per heavy atom. The molecule has 2 aromatic carbocycles. The molecule has 2 heterocycles. The average Bonchev–Trinajstić information content (AvgIpc) is 3.69. The number of benzene rings is 2. The van der Waals surface area contributed by atoms with Crippen molar-refractivity contribution >= 4 is 11.7 Å². The Hall–Kier alpha value is -3.75. The molecule has 1 saturated carbocycles. The summed E-state index contributed by atoms with van der Waals surface area (Å²) in [6.07, 6.45) is 5.13. The molecule has 196 valence electrons. The first kappa shape index (κ1) is 24.9. The molecule has 1 aromatic heterocycles. The Bertz CT molecular complexity index is 1210. The van der Waals surface area contributed by atoms with Crippen LogP contribution in [0.15, 0.2) is 48.8 Å². The van der Waals surface area contributed by atoms with E-state index >= 15 is 0 Å². The van der Waals surface area contributed by atoms with Crippen LogP contribution >= 0.6 is 0 Å².